The highest BCUT2D eigenvalue weighted by molar-refractivity contribution is 5.74. The number of hydrogen-bond donors (Lipinski definition) is 6. The minimum atomic E-state index is -1.39. The Morgan fingerprint density at radius 3 is 0.889 bits per heavy atom. The third kappa shape index (κ3) is 5.41. The lowest BCUT2D eigenvalue weighted by Gasteiger charge is -2.17. The first-order valence-electron chi connectivity index (χ1n) is 5.03. The van der Waals surface area contributed by atoms with Crippen molar-refractivity contribution in [1.29, 1.82) is 0 Å². The lowest BCUT2D eigenvalue weighted by molar-refractivity contribution is -0.154. The zero-order valence-corrected chi connectivity index (χ0v) is 10.3. The fraction of sp³-hybridized carbons (Fsp3) is 0.800. The van der Waals surface area contributed by atoms with Gasteiger partial charge in [0.15, 0.2) is 0 Å². The average Bonchev–Trinajstić information content (AvgIpc) is 2.36. The predicted molar refractivity (Wildman–Crippen MR) is 59.8 cm³/mol. The number of carboxylic acids is 2. The number of carboxylic acid groups (broad SMARTS) is 2. The monoisotopic (exact) mass is 268 g/mol. The summed E-state index contributed by atoms with van der Waals surface area (Å²) >= 11 is 0. The minimum absolute atomic E-state index is 0.543. The van der Waals surface area contributed by atoms with Crippen molar-refractivity contribution in [2.75, 3.05) is 26.4 Å². The van der Waals surface area contributed by atoms with Crippen molar-refractivity contribution in [2.24, 2.45) is 10.8 Å². The van der Waals surface area contributed by atoms with Gasteiger partial charge in [-0.3, -0.25) is 9.59 Å². The van der Waals surface area contributed by atoms with Crippen LogP contribution in [0, 0.1) is 10.8 Å². The SMILES string of the molecule is CC(CO)(CO)C(=O)O.CC(CO)(CO)C(=O)O. The maximum Gasteiger partial charge on any atom is 0.314 e. The highest BCUT2D eigenvalue weighted by atomic mass is 16.4. The zero-order chi connectivity index (χ0) is 15.0. The molecular weight excluding hydrogens is 248 g/mol. The molecule has 0 heterocycles. The Hall–Kier alpha value is -1.22. The highest BCUT2D eigenvalue weighted by Crippen LogP contribution is 2.13. The molecule has 0 saturated carbocycles. The van der Waals surface area contributed by atoms with Gasteiger partial charge in [-0.1, -0.05) is 0 Å². The molecule has 0 aliphatic carbocycles. The molecule has 108 valence electrons. The lowest BCUT2D eigenvalue weighted by atomic mass is 9.94. The van der Waals surface area contributed by atoms with Crippen molar-refractivity contribution in [2.45, 2.75) is 13.8 Å². The van der Waals surface area contributed by atoms with E-state index in [1.54, 1.807) is 0 Å². The van der Waals surface area contributed by atoms with Gasteiger partial charge in [0, 0.05) is 0 Å². The number of aliphatic carboxylic acids is 2. The number of rotatable bonds is 6. The lowest BCUT2D eigenvalue weighted by Crippen LogP contribution is -2.35. The molecule has 0 fully saturated rings. The van der Waals surface area contributed by atoms with Crippen LogP contribution in [0.25, 0.3) is 0 Å². The van der Waals surface area contributed by atoms with Crippen LogP contribution in [-0.4, -0.2) is 69.0 Å². The molecule has 8 nitrogen and oxygen atoms in total. The molecule has 0 aliphatic heterocycles. The van der Waals surface area contributed by atoms with Gasteiger partial charge in [-0.15, -0.1) is 0 Å². The molecule has 0 amide bonds. The van der Waals surface area contributed by atoms with E-state index >= 15 is 0 Å². The molecule has 0 aliphatic rings. The number of carbonyl (C=O) groups is 2. The van der Waals surface area contributed by atoms with Crippen LogP contribution >= 0.6 is 0 Å². The average molecular weight is 268 g/mol. The Morgan fingerprint density at radius 1 is 0.722 bits per heavy atom. The Labute approximate surface area is 104 Å². The summed E-state index contributed by atoms with van der Waals surface area (Å²) in [5.41, 5.74) is -2.78. The third-order valence-electron chi connectivity index (χ3n) is 2.43. The first-order chi connectivity index (χ1) is 8.13. The number of aliphatic hydroxyl groups excluding tert-OH is 4. The van der Waals surface area contributed by atoms with Crippen LogP contribution in [0.1, 0.15) is 13.8 Å². The van der Waals surface area contributed by atoms with Crippen LogP contribution in [0.4, 0.5) is 0 Å². The van der Waals surface area contributed by atoms with E-state index in [-0.39, 0.29) is 0 Å². The van der Waals surface area contributed by atoms with E-state index in [0.29, 0.717) is 0 Å². The highest BCUT2D eigenvalue weighted by Gasteiger charge is 2.31. The van der Waals surface area contributed by atoms with Gasteiger partial charge < -0.3 is 30.6 Å². The Morgan fingerprint density at radius 2 is 0.889 bits per heavy atom. The summed E-state index contributed by atoms with van der Waals surface area (Å²) in [6.07, 6.45) is 0. The van der Waals surface area contributed by atoms with Crippen LogP contribution in [-0.2, 0) is 9.59 Å². The largest absolute Gasteiger partial charge is 0.481 e. The van der Waals surface area contributed by atoms with Crippen LogP contribution in [0.5, 0.6) is 0 Å². The van der Waals surface area contributed by atoms with Gasteiger partial charge in [0.25, 0.3) is 0 Å². The van der Waals surface area contributed by atoms with Crippen molar-refractivity contribution in [3.05, 3.63) is 0 Å². The maximum absolute atomic E-state index is 10.2. The predicted octanol–water partition coefficient (Wildman–Crippen LogP) is -1.88. The standard InChI is InChI=1S/2C5H10O4/c2*1-5(2-6,3-7)4(8)9/h2*6-7H,2-3H2,1H3,(H,8,9). The summed E-state index contributed by atoms with van der Waals surface area (Å²) in [5, 5.41) is 50.3. The molecule has 8 heteroatoms. The molecule has 0 aromatic rings. The topological polar surface area (TPSA) is 156 Å². The normalized spacial score (nSPS) is 11.4. The van der Waals surface area contributed by atoms with E-state index in [0.717, 1.165) is 0 Å². The Balaban J connectivity index is 0. The molecule has 0 saturated heterocycles. The molecule has 0 aromatic heterocycles. The molecule has 6 N–H and O–H groups in total. The Kier molecular flexibility index (Phi) is 8.48. The summed E-state index contributed by atoms with van der Waals surface area (Å²) in [4.78, 5) is 20.3. The van der Waals surface area contributed by atoms with Crippen LogP contribution in [0.3, 0.4) is 0 Å². The van der Waals surface area contributed by atoms with Crippen LogP contribution in [0.2, 0.25) is 0 Å². The van der Waals surface area contributed by atoms with Gasteiger partial charge in [-0.25, -0.2) is 0 Å². The summed E-state index contributed by atoms with van der Waals surface area (Å²) in [6.45, 7) is 0.375. The van der Waals surface area contributed by atoms with Crippen molar-refractivity contribution in [1.82, 2.24) is 0 Å². The van der Waals surface area contributed by atoms with Crippen LogP contribution < -0.4 is 0 Å². The fourth-order valence-electron chi connectivity index (χ4n) is 0.371. The number of aliphatic hydroxyl groups is 4. The van der Waals surface area contributed by atoms with E-state index in [1.807, 2.05) is 0 Å². The van der Waals surface area contributed by atoms with Gasteiger partial charge in [0.1, 0.15) is 10.8 Å². The van der Waals surface area contributed by atoms with E-state index in [9.17, 15) is 9.59 Å². The second-order valence-corrected chi connectivity index (χ2v) is 4.36. The van der Waals surface area contributed by atoms with Gasteiger partial charge in [0.05, 0.1) is 26.4 Å². The van der Waals surface area contributed by atoms with Gasteiger partial charge in [-0.2, -0.15) is 0 Å². The quantitative estimate of drug-likeness (QED) is 0.327. The molecule has 0 radical (unpaired) electrons. The summed E-state index contributed by atoms with van der Waals surface area (Å²) in [7, 11) is 0. The zero-order valence-electron chi connectivity index (χ0n) is 10.3. The first-order valence-corrected chi connectivity index (χ1v) is 5.03. The second-order valence-electron chi connectivity index (χ2n) is 4.36. The summed E-state index contributed by atoms with van der Waals surface area (Å²) in [5.74, 6) is -2.37. The van der Waals surface area contributed by atoms with E-state index in [1.165, 1.54) is 13.8 Å². The molecule has 0 spiro atoms. The maximum atomic E-state index is 10.2. The number of hydrogen-bond acceptors (Lipinski definition) is 6. The van der Waals surface area contributed by atoms with E-state index in [2.05, 4.69) is 0 Å². The van der Waals surface area contributed by atoms with Crippen molar-refractivity contribution < 1.29 is 40.2 Å². The summed E-state index contributed by atoms with van der Waals surface area (Å²) in [6, 6.07) is 0. The van der Waals surface area contributed by atoms with Crippen LogP contribution in [0.15, 0.2) is 0 Å². The molecule has 0 rings (SSSR count). The van der Waals surface area contributed by atoms with Crippen molar-refractivity contribution >= 4 is 11.9 Å². The molecule has 0 atom stereocenters. The van der Waals surface area contributed by atoms with Crippen molar-refractivity contribution in [3.8, 4) is 0 Å². The third-order valence-corrected chi connectivity index (χ3v) is 2.43. The van der Waals surface area contributed by atoms with Gasteiger partial charge >= 0.3 is 11.9 Å². The van der Waals surface area contributed by atoms with Gasteiger partial charge in [-0.05, 0) is 13.8 Å². The smallest absolute Gasteiger partial charge is 0.314 e. The molecule has 0 unspecified atom stereocenters. The fourth-order valence-corrected chi connectivity index (χ4v) is 0.371. The second kappa shape index (κ2) is 7.98. The van der Waals surface area contributed by atoms with Crippen molar-refractivity contribution in [3.63, 3.8) is 0 Å². The van der Waals surface area contributed by atoms with Gasteiger partial charge in [0.2, 0.25) is 0 Å². The molecule has 0 bridgehead atoms. The molecule has 18 heavy (non-hydrogen) atoms. The Bertz CT molecular complexity index is 239. The summed E-state index contributed by atoms with van der Waals surface area (Å²) < 4.78 is 0. The first kappa shape index (κ1) is 19.1. The molecule has 0 aromatic carbocycles. The van der Waals surface area contributed by atoms with E-state index < -0.39 is 49.2 Å². The molecular formula is C10H20O8. The minimum Gasteiger partial charge on any atom is -0.481 e. The van der Waals surface area contributed by atoms with E-state index in [4.69, 9.17) is 30.6 Å².